The summed E-state index contributed by atoms with van der Waals surface area (Å²) >= 11 is 10.9. The Morgan fingerprint density at radius 1 is 1.35 bits per heavy atom. The second-order valence-electron chi connectivity index (χ2n) is 3.95. The summed E-state index contributed by atoms with van der Waals surface area (Å²) in [5, 5.41) is 10.2. The molecule has 0 fully saturated rings. The van der Waals surface area contributed by atoms with Crippen molar-refractivity contribution in [1.29, 1.82) is 0 Å². The van der Waals surface area contributed by atoms with E-state index in [4.69, 9.17) is 11.6 Å². The number of aliphatic hydroxyl groups is 1. The van der Waals surface area contributed by atoms with Crippen molar-refractivity contribution in [1.82, 2.24) is 0 Å². The molecule has 0 aliphatic heterocycles. The maximum atomic E-state index is 10.2. The van der Waals surface area contributed by atoms with Gasteiger partial charge in [0.2, 0.25) is 0 Å². The molecule has 1 aromatic carbocycles. The first-order valence-electron chi connectivity index (χ1n) is 5.24. The summed E-state index contributed by atoms with van der Waals surface area (Å²) in [5.41, 5.74) is 2.07. The lowest BCUT2D eigenvalue weighted by atomic mass is 10.0. The molecule has 4 heteroatoms. The first-order chi connectivity index (χ1) is 8.06. The van der Waals surface area contributed by atoms with Gasteiger partial charge in [-0.3, -0.25) is 0 Å². The predicted molar refractivity (Wildman–Crippen MR) is 76.9 cm³/mol. The van der Waals surface area contributed by atoms with E-state index in [1.54, 1.807) is 0 Å². The normalized spacial score (nSPS) is 12.7. The summed E-state index contributed by atoms with van der Waals surface area (Å²) in [6.45, 7) is 2.02. The second-order valence-corrected chi connectivity index (χ2v) is 6.60. The van der Waals surface area contributed by atoms with E-state index < -0.39 is 6.10 Å². The van der Waals surface area contributed by atoms with Gasteiger partial charge in [0, 0.05) is 15.8 Å². The molecule has 0 saturated carbocycles. The molecule has 2 aromatic rings. The predicted octanol–water partition coefficient (Wildman–Crippen LogP) is 4.75. The van der Waals surface area contributed by atoms with Crippen LogP contribution in [0.15, 0.2) is 34.8 Å². The fourth-order valence-corrected chi connectivity index (χ4v) is 3.32. The lowest BCUT2D eigenvalue weighted by Crippen LogP contribution is -2.01. The van der Waals surface area contributed by atoms with Crippen LogP contribution >= 0.6 is 38.9 Å². The molecule has 1 N–H and O–H groups in total. The second kappa shape index (κ2) is 5.53. The number of halogens is 2. The standard InChI is InChI=1S/C13H12BrClOS/c1-8-2-4-11(14)10(6-8)12(16)7-9-3-5-13(15)17-9/h2-6,12,16H,7H2,1H3. The van der Waals surface area contributed by atoms with Crippen molar-refractivity contribution in [3.63, 3.8) is 0 Å². The summed E-state index contributed by atoms with van der Waals surface area (Å²) in [5.74, 6) is 0. The number of hydrogen-bond acceptors (Lipinski definition) is 2. The Morgan fingerprint density at radius 3 is 2.76 bits per heavy atom. The van der Waals surface area contributed by atoms with Gasteiger partial charge in [-0.15, -0.1) is 11.3 Å². The van der Waals surface area contributed by atoms with Gasteiger partial charge in [0.25, 0.3) is 0 Å². The quantitative estimate of drug-likeness (QED) is 0.860. The number of aryl methyl sites for hydroxylation is 1. The minimum Gasteiger partial charge on any atom is -0.388 e. The van der Waals surface area contributed by atoms with Crippen LogP contribution in [0.4, 0.5) is 0 Å². The minimum absolute atomic E-state index is 0.501. The SMILES string of the molecule is Cc1ccc(Br)c(C(O)Cc2ccc(Cl)s2)c1. The zero-order chi connectivity index (χ0) is 12.4. The topological polar surface area (TPSA) is 20.2 Å². The molecule has 0 aliphatic rings. The number of rotatable bonds is 3. The van der Waals surface area contributed by atoms with Crippen molar-refractivity contribution in [3.8, 4) is 0 Å². The molecule has 0 bridgehead atoms. The van der Waals surface area contributed by atoms with Crippen molar-refractivity contribution >= 4 is 38.9 Å². The molecule has 0 radical (unpaired) electrons. The Hall–Kier alpha value is -0.350. The van der Waals surface area contributed by atoms with Gasteiger partial charge in [0.05, 0.1) is 10.4 Å². The van der Waals surface area contributed by atoms with E-state index in [0.29, 0.717) is 6.42 Å². The van der Waals surface area contributed by atoms with Gasteiger partial charge in [0.1, 0.15) is 0 Å². The van der Waals surface area contributed by atoms with Gasteiger partial charge in [0.15, 0.2) is 0 Å². The van der Waals surface area contributed by atoms with Crippen LogP contribution < -0.4 is 0 Å². The molecule has 0 saturated heterocycles. The molecule has 0 spiro atoms. The van der Waals surface area contributed by atoms with Gasteiger partial charge < -0.3 is 5.11 Å². The van der Waals surface area contributed by atoms with E-state index in [9.17, 15) is 5.11 Å². The first kappa shape index (κ1) is 13.1. The number of aliphatic hydroxyl groups excluding tert-OH is 1. The number of benzene rings is 1. The average molecular weight is 332 g/mol. The molecule has 0 aliphatic carbocycles. The van der Waals surface area contributed by atoms with Crippen LogP contribution in [0.1, 0.15) is 22.1 Å². The summed E-state index contributed by atoms with van der Waals surface area (Å²) in [4.78, 5) is 1.09. The van der Waals surface area contributed by atoms with E-state index in [1.165, 1.54) is 11.3 Å². The molecule has 1 aromatic heterocycles. The summed E-state index contributed by atoms with van der Waals surface area (Å²) in [6, 6.07) is 9.81. The molecule has 90 valence electrons. The van der Waals surface area contributed by atoms with Gasteiger partial charge in [-0.2, -0.15) is 0 Å². The van der Waals surface area contributed by atoms with Crippen LogP contribution in [0.25, 0.3) is 0 Å². The highest BCUT2D eigenvalue weighted by molar-refractivity contribution is 9.10. The van der Waals surface area contributed by atoms with Crippen molar-refractivity contribution in [2.75, 3.05) is 0 Å². The Morgan fingerprint density at radius 2 is 2.12 bits per heavy atom. The van der Waals surface area contributed by atoms with Gasteiger partial charge in [-0.05, 0) is 30.7 Å². The molecule has 17 heavy (non-hydrogen) atoms. The van der Waals surface area contributed by atoms with Gasteiger partial charge in [-0.1, -0.05) is 45.2 Å². The van der Waals surface area contributed by atoms with Crippen molar-refractivity contribution in [3.05, 3.63) is 55.1 Å². The van der Waals surface area contributed by atoms with E-state index in [-0.39, 0.29) is 0 Å². The fraction of sp³-hybridized carbons (Fsp3) is 0.231. The third kappa shape index (κ3) is 3.32. The average Bonchev–Trinajstić information content (AvgIpc) is 2.67. The summed E-state index contributed by atoms with van der Waals surface area (Å²) in [7, 11) is 0. The van der Waals surface area contributed by atoms with Crippen LogP contribution in [0.2, 0.25) is 4.34 Å². The van der Waals surface area contributed by atoms with Crippen LogP contribution in [-0.2, 0) is 6.42 Å². The Balaban J connectivity index is 2.19. The van der Waals surface area contributed by atoms with Gasteiger partial charge >= 0.3 is 0 Å². The Labute approximate surface area is 118 Å². The van der Waals surface area contributed by atoms with E-state index in [1.807, 2.05) is 37.3 Å². The lowest BCUT2D eigenvalue weighted by Gasteiger charge is -2.12. The van der Waals surface area contributed by atoms with Crippen LogP contribution in [0.5, 0.6) is 0 Å². The highest BCUT2D eigenvalue weighted by Crippen LogP contribution is 2.30. The Bertz CT molecular complexity index is 524. The molecule has 2 rings (SSSR count). The molecule has 1 nitrogen and oxygen atoms in total. The highest BCUT2D eigenvalue weighted by Gasteiger charge is 2.13. The maximum absolute atomic E-state index is 10.2. The lowest BCUT2D eigenvalue weighted by molar-refractivity contribution is 0.178. The monoisotopic (exact) mass is 330 g/mol. The van der Waals surface area contributed by atoms with Crippen molar-refractivity contribution in [2.24, 2.45) is 0 Å². The number of hydrogen-bond donors (Lipinski definition) is 1. The minimum atomic E-state index is -0.501. The zero-order valence-corrected chi connectivity index (χ0v) is 12.4. The van der Waals surface area contributed by atoms with Crippen LogP contribution in [-0.4, -0.2) is 5.11 Å². The van der Waals surface area contributed by atoms with E-state index in [2.05, 4.69) is 15.9 Å². The summed E-state index contributed by atoms with van der Waals surface area (Å²) in [6.07, 6.45) is 0.0957. The Kier molecular flexibility index (Phi) is 4.26. The molecular weight excluding hydrogens is 320 g/mol. The molecule has 1 heterocycles. The largest absolute Gasteiger partial charge is 0.388 e. The smallest absolute Gasteiger partial charge is 0.0931 e. The van der Waals surface area contributed by atoms with Crippen LogP contribution in [0, 0.1) is 6.92 Å². The highest BCUT2D eigenvalue weighted by atomic mass is 79.9. The van der Waals surface area contributed by atoms with Crippen molar-refractivity contribution < 1.29 is 5.11 Å². The molecule has 0 amide bonds. The number of thiophene rings is 1. The third-order valence-electron chi connectivity index (χ3n) is 2.53. The maximum Gasteiger partial charge on any atom is 0.0931 e. The van der Waals surface area contributed by atoms with Crippen molar-refractivity contribution in [2.45, 2.75) is 19.4 Å². The molecule has 1 unspecified atom stereocenters. The third-order valence-corrected chi connectivity index (χ3v) is 4.51. The zero-order valence-electron chi connectivity index (χ0n) is 9.28. The van der Waals surface area contributed by atoms with E-state index >= 15 is 0 Å². The molecular formula is C13H12BrClOS. The fourth-order valence-electron chi connectivity index (χ4n) is 1.68. The van der Waals surface area contributed by atoms with Crippen LogP contribution in [0.3, 0.4) is 0 Å². The first-order valence-corrected chi connectivity index (χ1v) is 7.23. The molecule has 1 atom stereocenters. The summed E-state index contributed by atoms with van der Waals surface area (Å²) < 4.78 is 1.70. The van der Waals surface area contributed by atoms with E-state index in [0.717, 1.165) is 24.8 Å². The van der Waals surface area contributed by atoms with Gasteiger partial charge in [-0.25, -0.2) is 0 Å².